The summed E-state index contributed by atoms with van der Waals surface area (Å²) in [6.45, 7) is 4.33. The SMILES string of the molecule is CCCCCCCCCCCCCCCCCC(=O)OCC1OC(OC)C(OC(=O)CCCCCCCCCCCCCCCCC)[C@@H](O)[C@@H]1O. The van der Waals surface area contributed by atoms with Crippen LogP contribution in [0.5, 0.6) is 0 Å². The van der Waals surface area contributed by atoms with Crippen molar-refractivity contribution in [2.45, 2.75) is 250 Å². The molecule has 0 bridgehead atoms. The zero-order chi connectivity index (χ0) is 37.2. The molecular weight excluding hydrogens is 644 g/mol. The molecule has 1 rings (SSSR count). The zero-order valence-corrected chi connectivity index (χ0v) is 33.6. The molecule has 8 nitrogen and oxygen atoms in total. The number of methoxy groups -OCH3 is 1. The lowest BCUT2D eigenvalue weighted by molar-refractivity contribution is -0.298. The normalized spacial score (nSPS) is 20.5. The maximum Gasteiger partial charge on any atom is 0.306 e. The lowest BCUT2D eigenvalue weighted by atomic mass is 9.99. The summed E-state index contributed by atoms with van der Waals surface area (Å²) in [6.07, 6.45) is 32.3. The largest absolute Gasteiger partial charge is 0.463 e. The third-order valence-electron chi connectivity index (χ3n) is 10.5. The lowest BCUT2D eigenvalue weighted by Crippen LogP contribution is -2.60. The summed E-state index contributed by atoms with van der Waals surface area (Å²) < 4.78 is 22.0. The van der Waals surface area contributed by atoms with E-state index in [0.717, 1.165) is 38.5 Å². The van der Waals surface area contributed by atoms with Crippen LogP contribution in [0.1, 0.15) is 219 Å². The van der Waals surface area contributed by atoms with Crippen LogP contribution in [0.15, 0.2) is 0 Å². The van der Waals surface area contributed by atoms with Gasteiger partial charge in [0.15, 0.2) is 12.4 Å². The van der Waals surface area contributed by atoms with Gasteiger partial charge in [-0.25, -0.2) is 0 Å². The first-order valence-corrected chi connectivity index (χ1v) is 21.8. The van der Waals surface area contributed by atoms with Crippen LogP contribution in [-0.2, 0) is 28.5 Å². The molecule has 1 saturated heterocycles. The quantitative estimate of drug-likeness (QED) is 0.0485. The van der Waals surface area contributed by atoms with Crippen molar-refractivity contribution in [2.24, 2.45) is 0 Å². The molecule has 1 heterocycles. The van der Waals surface area contributed by atoms with E-state index in [9.17, 15) is 19.8 Å². The Hall–Kier alpha value is -1.22. The molecule has 0 saturated carbocycles. The van der Waals surface area contributed by atoms with Gasteiger partial charge in [-0.2, -0.15) is 0 Å². The number of aliphatic hydroxyl groups excluding tert-OH is 2. The van der Waals surface area contributed by atoms with Crippen molar-refractivity contribution < 1.29 is 38.7 Å². The van der Waals surface area contributed by atoms with Gasteiger partial charge in [0.2, 0.25) is 0 Å². The van der Waals surface area contributed by atoms with Crippen LogP contribution in [0, 0.1) is 0 Å². The van der Waals surface area contributed by atoms with Crippen molar-refractivity contribution in [3.05, 3.63) is 0 Å². The molecule has 0 amide bonds. The first-order chi connectivity index (χ1) is 24.9. The highest BCUT2D eigenvalue weighted by molar-refractivity contribution is 5.69. The van der Waals surface area contributed by atoms with Crippen LogP contribution in [0.25, 0.3) is 0 Å². The molecule has 51 heavy (non-hydrogen) atoms. The van der Waals surface area contributed by atoms with Crippen molar-refractivity contribution in [2.75, 3.05) is 13.7 Å². The fourth-order valence-electron chi connectivity index (χ4n) is 7.10. The lowest BCUT2D eigenvalue weighted by Gasteiger charge is -2.41. The fraction of sp³-hybridized carbons (Fsp3) is 0.953. The Morgan fingerprint density at radius 3 is 1.18 bits per heavy atom. The molecule has 8 heteroatoms. The standard InChI is InChI=1S/C43H82O8/c1-4-6-8-10-12-14-16-18-20-22-24-26-28-30-32-34-38(44)49-36-37-40(46)41(47)42(43(48-3)50-37)51-39(45)35-33-31-29-27-25-23-21-19-17-15-13-11-9-7-5-2/h37,40-43,46-47H,4-36H2,1-3H3/t37?,40-,41+,42?,43?/m1/s1. The van der Waals surface area contributed by atoms with Gasteiger partial charge in [-0.05, 0) is 12.8 Å². The zero-order valence-electron chi connectivity index (χ0n) is 33.6. The number of rotatable bonds is 36. The average molecular weight is 727 g/mol. The van der Waals surface area contributed by atoms with Crippen molar-refractivity contribution in [3.8, 4) is 0 Å². The van der Waals surface area contributed by atoms with Crippen LogP contribution in [0.2, 0.25) is 0 Å². The Bertz CT molecular complexity index is 788. The number of aliphatic hydroxyl groups is 2. The van der Waals surface area contributed by atoms with Gasteiger partial charge in [-0.1, -0.05) is 194 Å². The van der Waals surface area contributed by atoms with Crippen LogP contribution < -0.4 is 0 Å². The molecule has 1 aliphatic heterocycles. The van der Waals surface area contributed by atoms with Gasteiger partial charge in [-0.3, -0.25) is 9.59 Å². The summed E-state index contributed by atoms with van der Waals surface area (Å²) in [6, 6.07) is 0. The van der Waals surface area contributed by atoms with Crippen molar-refractivity contribution in [1.29, 1.82) is 0 Å². The van der Waals surface area contributed by atoms with Gasteiger partial charge >= 0.3 is 11.9 Å². The Balaban J connectivity index is 2.07. The highest BCUT2D eigenvalue weighted by atomic mass is 16.7. The van der Waals surface area contributed by atoms with Gasteiger partial charge in [0.1, 0.15) is 24.9 Å². The summed E-state index contributed by atoms with van der Waals surface area (Å²) >= 11 is 0. The van der Waals surface area contributed by atoms with Crippen molar-refractivity contribution >= 4 is 11.9 Å². The third-order valence-corrected chi connectivity index (χ3v) is 10.5. The smallest absolute Gasteiger partial charge is 0.306 e. The van der Waals surface area contributed by atoms with Crippen LogP contribution in [0.3, 0.4) is 0 Å². The summed E-state index contributed by atoms with van der Waals surface area (Å²) in [5, 5.41) is 21.4. The van der Waals surface area contributed by atoms with E-state index in [0.29, 0.717) is 6.42 Å². The van der Waals surface area contributed by atoms with Gasteiger partial charge < -0.3 is 29.2 Å². The second-order valence-electron chi connectivity index (χ2n) is 15.3. The van der Waals surface area contributed by atoms with E-state index >= 15 is 0 Å². The second kappa shape index (κ2) is 34.5. The molecule has 1 aliphatic rings. The molecule has 1 fully saturated rings. The van der Waals surface area contributed by atoms with Crippen molar-refractivity contribution in [3.63, 3.8) is 0 Å². The number of carbonyl (C=O) groups excluding carboxylic acids is 2. The number of ether oxygens (including phenoxy) is 4. The summed E-state index contributed by atoms with van der Waals surface area (Å²) in [4.78, 5) is 24.9. The number of hydrogen-bond acceptors (Lipinski definition) is 8. The maximum atomic E-state index is 12.5. The molecule has 0 aromatic heterocycles. The molecule has 0 aromatic rings. The minimum absolute atomic E-state index is 0.199. The van der Waals surface area contributed by atoms with E-state index in [-0.39, 0.29) is 19.0 Å². The van der Waals surface area contributed by atoms with Gasteiger partial charge in [0, 0.05) is 20.0 Å². The van der Waals surface area contributed by atoms with E-state index < -0.39 is 36.7 Å². The second-order valence-corrected chi connectivity index (χ2v) is 15.3. The van der Waals surface area contributed by atoms with Gasteiger partial charge in [-0.15, -0.1) is 0 Å². The summed E-state index contributed by atoms with van der Waals surface area (Å²) in [7, 11) is 1.39. The van der Waals surface area contributed by atoms with E-state index in [1.165, 1.54) is 161 Å². The predicted octanol–water partition coefficient (Wildman–Crippen LogP) is 11.1. The fourth-order valence-corrected chi connectivity index (χ4v) is 7.10. The molecule has 2 N–H and O–H groups in total. The first-order valence-electron chi connectivity index (χ1n) is 21.8. The van der Waals surface area contributed by atoms with E-state index in [4.69, 9.17) is 18.9 Å². The molecule has 0 aromatic carbocycles. The maximum absolute atomic E-state index is 12.5. The number of hydrogen-bond donors (Lipinski definition) is 2. The summed E-state index contributed by atoms with van der Waals surface area (Å²) in [5.74, 6) is -0.791. The highest BCUT2D eigenvalue weighted by Crippen LogP contribution is 2.26. The van der Waals surface area contributed by atoms with Gasteiger partial charge in [0.05, 0.1) is 0 Å². The van der Waals surface area contributed by atoms with Gasteiger partial charge in [0.25, 0.3) is 0 Å². The minimum atomic E-state index is -1.41. The molecular formula is C43H82O8. The number of carbonyl (C=O) groups is 2. The summed E-state index contributed by atoms with van der Waals surface area (Å²) in [5.41, 5.74) is 0. The highest BCUT2D eigenvalue weighted by Gasteiger charge is 2.47. The van der Waals surface area contributed by atoms with E-state index in [2.05, 4.69) is 13.8 Å². The number of esters is 2. The molecule has 5 atom stereocenters. The van der Waals surface area contributed by atoms with Crippen molar-refractivity contribution in [1.82, 2.24) is 0 Å². The first kappa shape index (κ1) is 47.8. The Kier molecular flexibility index (Phi) is 32.4. The van der Waals surface area contributed by atoms with Crippen LogP contribution in [0.4, 0.5) is 0 Å². The number of unbranched alkanes of at least 4 members (excludes halogenated alkanes) is 28. The molecule has 0 spiro atoms. The average Bonchev–Trinajstić information content (AvgIpc) is 3.13. The molecule has 302 valence electrons. The Labute approximate surface area is 313 Å². The molecule has 0 radical (unpaired) electrons. The van der Waals surface area contributed by atoms with Crippen LogP contribution >= 0.6 is 0 Å². The molecule has 0 aliphatic carbocycles. The van der Waals surface area contributed by atoms with E-state index in [1.807, 2.05) is 0 Å². The Morgan fingerprint density at radius 1 is 0.490 bits per heavy atom. The minimum Gasteiger partial charge on any atom is -0.463 e. The monoisotopic (exact) mass is 727 g/mol. The molecule has 3 unspecified atom stereocenters. The van der Waals surface area contributed by atoms with Crippen LogP contribution in [-0.4, -0.2) is 66.6 Å². The predicted molar refractivity (Wildman–Crippen MR) is 208 cm³/mol. The van der Waals surface area contributed by atoms with E-state index in [1.54, 1.807) is 0 Å². The topological polar surface area (TPSA) is 112 Å². The Morgan fingerprint density at radius 2 is 0.824 bits per heavy atom. The third kappa shape index (κ3) is 26.2.